The summed E-state index contributed by atoms with van der Waals surface area (Å²) in [7, 11) is 1.66. The van der Waals surface area contributed by atoms with E-state index < -0.39 is 0 Å². The summed E-state index contributed by atoms with van der Waals surface area (Å²) >= 11 is 0. The third kappa shape index (κ3) is 6.34. The van der Waals surface area contributed by atoms with E-state index >= 15 is 0 Å². The molecule has 2 aliphatic heterocycles. The van der Waals surface area contributed by atoms with Crippen molar-refractivity contribution in [2.45, 2.75) is 64.0 Å². The Hall–Kier alpha value is -3.06. The average Bonchev–Trinajstić information content (AvgIpc) is 3.19. The Morgan fingerprint density at radius 2 is 1.60 bits per heavy atom. The van der Waals surface area contributed by atoms with Crippen LogP contribution in [0.15, 0.2) is 48.5 Å². The second kappa shape index (κ2) is 12.1. The third-order valence-electron chi connectivity index (χ3n) is 6.92. The fourth-order valence-corrected chi connectivity index (χ4v) is 4.86. The fraction of sp³-hybridized carbons (Fsp3) is 0.500. The first-order valence-corrected chi connectivity index (χ1v) is 12.8. The van der Waals surface area contributed by atoms with Crippen molar-refractivity contribution in [1.29, 1.82) is 0 Å². The van der Waals surface area contributed by atoms with Gasteiger partial charge in [-0.05, 0) is 67.8 Å². The van der Waals surface area contributed by atoms with E-state index in [1.807, 2.05) is 48.5 Å². The van der Waals surface area contributed by atoms with Gasteiger partial charge in [0.25, 0.3) is 5.91 Å². The summed E-state index contributed by atoms with van der Waals surface area (Å²) in [5.41, 5.74) is 1.69. The van der Waals surface area contributed by atoms with Gasteiger partial charge in [0.2, 0.25) is 5.91 Å². The zero-order chi connectivity index (χ0) is 24.6. The van der Waals surface area contributed by atoms with Gasteiger partial charge in [-0.15, -0.1) is 0 Å². The van der Waals surface area contributed by atoms with E-state index in [1.54, 1.807) is 7.11 Å². The number of nitrogens with one attached hydrogen (secondary N) is 1. The summed E-state index contributed by atoms with van der Waals surface area (Å²) in [4.78, 5) is 29.5. The van der Waals surface area contributed by atoms with Crippen LogP contribution in [0, 0.1) is 0 Å². The SMILES string of the molecule is CCCCCCOc1ccc(N2C(=O)C[C@@H](N3CCC(Nc4ccc(OC)cc4)CC3)C2=O)cc1. The third-order valence-corrected chi connectivity index (χ3v) is 6.92. The van der Waals surface area contributed by atoms with E-state index in [1.165, 1.54) is 24.2 Å². The van der Waals surface area contributed by atoms with Crippen molar-refractivity contribution >= 4 is 23.2 Å². The second-order valence-electron chi connectivity index (χ2n) is 9.37. The van der Waals surface area contributed by atoms with Gasteiger partial charge in [0, 0.05) is 24.8 Å². The van der Waals surface area contributed by atoms with Gasteiger partial charge in [0.1, 0.15) is 11.5 Å². The first kappa shape index (κ1) is 25.0. The lowest BCUT2D eigenvalue weighted by molar-refractivity contribution is -0.123. The molecule has 2 amide bonds. The number of carbonyl (C=O) groups is 2. The van der Waals surface area contributed by atoms with Crippen LogP contribution in [0.25, 0.3) is 0 Å². The Balaban J connectivity index is 1.27. The maximum atomic E-state index is 13.2. The maximum absolute atomic E-state index is 13.2. The molecule has 7 nitrogen and oxygen atoms in total. The summed E-state index contributed by atoms with van der Waals surface area (Å²) in [5, 5.41) is 3.57. The van der Waals surface area contributed by atoms with Gasteiger partial charge in [-0.3, -0.25) is 14.5 Å². The van der Waals surface area contributed by atoms with Gasteiger partial charge >= 0.3 is 0 Å². The minimum atomic E-state index is -0.376. The fourth-order valence-electron chi connectivity index (χ4n) is 4.86. The maximum Gasteiger partial charge on any atom is 0.251 e. The summed E-state index contributed by atoms with van der Waals surface area (Å²) in [5.74, 6) is 1.35. The van der Waals surface area contributed by atoms with E-state index in [-0.39, 0.29) is 24.3 Å². The van der Waals surface area contributed by atoms with Gasteiger partial charge in [0.15, 0.2) is 0 Å². The van der Waals surface area contributed by atoms with Crippen LogP contribution in [0.2, 0.25) is 0 Å². The summed E-state index contributed by atoms with van der Waals surface area (Å²) in [6.45, 7) is 4.45. The van der Waals surface area contributed by atoms with Crippen LogP contribution in [0.4, 0.5) is 11.4 Å². The highest BCUT2D eigenvalue weighted by atomic mass is 16.5. The van der Waals surface area contributed by atoms with E-state index in [2.05, 4.69) is 17.1 Å². The molecule has 4 rings (SSSR count). The molecule has 0 bridgehead atoms. The molecular formula is C28H37N3O4. The number of rotatable bonds is 11. The zero-order valence-corrected chi connectivity index (χ0v) is 20.9. The van der Waals surface area contributed by atoms with Crippen LogP contribution in [0.5, 0.6) is 11.5 Å². The molecule has 1 atom stereocenters. The van der Waals surface area contributed by atoms with Crippen LogP contribution < -0.4 is 19.7 Å². The number of benzene rings is 2. The van der Waals surface area contributed by atoms with E-state index in [0.717, 1.165) is 49.5 Å². The number of nitrogens with zero attached hydrogens (tertiary/aromatic N) is 2. The molecule has 2 aromatic rings. The van der Waals surface area contributed by atoms with Crippen molar-refractivity contribution in [2.24, 2.45) is 0 Å². The van der Waals surface area contributed by atoms with Gasteiger partial charge in [0.05, 0.1) is 31.9 Å². The summed E-state index contributed by atoms with van der Waals surface area (Å²) in [6.07, 6.45) is 6.72. The van der Waals surface area contributed by atoms with E-state index in [9.17, 15) is 9.59 Å². The minimum Gasteiger partial charge on any atom is -0.497 e. The van der Waals surface area contributed by atoms with Crippen LogP contribution in [-0.4, -0.2) is 55.6 Å². The number of unbranched alkanes of at least 4 members (excludes halogenated alkanes) is 3. The number of carbonyl (C=O) groups excluding carboxylic acids is 2. The number of likely N-dealkylation sites (tertiary alicyclic amines) is 1. The highest BCUT2D eigenvalue weighted by Gasteiger charge is 2.43. The quantitative estimate of drug-likeness (QED) is 0.367. The Morgan fingerprint density at radius 1 is 0.914 bits per heavy atom. The van der Waals surface area contributed by atoms with Crippen molar-refractivity contribution < 1.29 is 19.1 Å². The standard InChI is InChI=1S/C28H37N3O4/c1-3-4-5-6-19-35-25-13-9-23(10-14-25)31-27(32)20-26(28(31)33)30-17-15-22(16-18-30)29-21-7-11-24(34-2)12-8-21/h7-14,22,26,29H,3-6,15-20H2,1-2H3/t26-/m1/s1. The Bertz CT molecular complexity index is 969. The van der Waals surface area contributed by atoms with Gasteiger partial charge < -0.3 is 14.8 Å². The number of hydrogen-bond acceptors (Lipinski definition) is 6. The molecule has 2 saturated heterocycles. The Labute approximate surface area is 208 Å². The molecule has 0 aliphatic carbocycles. The highest BCUT2D eigenvalue weighted by Crippen LogP contribution is 2.29. The lowest BCUT2D eigenvalue weighted by Crippen LogP contribution is -2.48. The molecule has 35 heavy (non-hydrogen) atoms. The predicted molar refractivity (Wildman–Crippen MR) is 138 cm³/mol. The molecule has 7 heteroatoms. The van der Waals surface area contributed by atoms with E-state index in [0.29, 0.717) is 18.3 Å². The smallest absolute Gasteiger partial charge is 0.251 e. The molecule has 0 unspecified atom stereocenters. The lowest BCUT2D eigenvalue weighted by Gasteiger charge is -2.35. The Morgan fingerprint density at radius 3 is 2.26 bits per heavy atom. The minimum absolute atomic E-state index is 0.121. The topological polar surface area (TPSA) is 71.1 Å². The van der Waals surface area contributed by atoms with Crippen LogP contribution in [0.3, 0.4) is 0 Å². The first-order valence-electron chi connectivity index (χ1n) is 12.8. The van der Waals surface area contributed by atoms with Gasteiger partial charge in [-0.2, -0.15) is 0 Å². The average molecular weight is 480 g/mol. The van der Waals surface area contributed by atoms with Crippen molar-refractivity contribution in [3.63, 3.8) is 0 Å². The molecule has 1 N–H and O–H groups in total. The Kier molecular flexibility index (Phi) is 8.64. The molecule has 2 fully saturated rings. The van der Waals surface area contributed by atoms with Crippen molar-refractivity contribution in [1.82, 2.24) is 4.90 Å². The number of imide groups is 1. The first-order chi connectivity index (χ1) is 17.1. The predicted octanol–water partition coefficient (Wildman–Crippen LogP) is 4.86. The molecule has 188 valence electrons. The monoisotopic (exact) mass is 479 g/mol. The summed E-state index contributed by atoms with van der Waals surface area (Å²) < 4.78 is 11.0. The van der Waals surface area contributed by atoms with Gasteiger partial charge in [-0.25, -0.2) is 4.90 Å². The van der Waals surface area contributed by atoms with Crippen molar-refractivity contribution in [3.05, 3.63) is 48.5 Å². The molecule has 0 saturated carbocycles. The van der Waals surface area contributed by atoms with Crippen molar-refractivity contribution in [2.75, 3.05) is 37.0 Å². The number of methoxy groups -OCH3 is 1. The number of ether oxygens (including phenoxy) is 2. The van der Waals surface area contributed by atoms with Crippen LogP contribution in [0.1, 0.15) is 51.9 Å². The second-order valence-corrected chi connectivity index (χ2v) is 9.37. The van der Waals surface area contributed by atoms with Crippen molar-refractivity contribution in [3.8, 4) is 11.5 Å². The zero-order valence-electron chi connectivity index (χ0n) is 20.9. The normalized spacial score (nSPS) is 19.3. The molecular weight excluding hydrogens is 442 g/mol. The largest absolute Gasteiger partial charge is 0.497 e. The molecule has 2 aromatic carbocycles. The molecule has 0 radical (unpaired) electrons. The lowest BCUT2D eigenvalue weighted by atomic mass is 10.0. The molecule has 2 aliphatic rings. The van der Waals surface area contributed by atoms with Crippen LogP contribution >= 0.6 is 0 Å². The van der Waals surface area contributed by atoms with E-state index in [4.69, 9.17) is 9.47 Å². The number of anilines is 2. The highest BCUT2D eigenvalue weighted by molar-refractivity contribution is 6.22. The molecule has 2 heterocycles. The van der Waals surface area contributed by atoms with Gasteiger partial charge in [-0.1, -0.05) is 26.2 Å². The number of amides is 2. The van der Waals surface area contributed by atoms with Crippen LogP contribution in [-0.2, 0) is 9.59 Å². The molecule has 0 spiro atoms. The molecule has 0 aromatic heterocycles. The summed E-state index contributed by atoms with van der Waals surface area (Å²) in [6, 6.07) is 15.2. The number of piperidine rings is 1. The number of hydrogen-bond donors (Lipinski definition) is 1.